The molecule has 1 unspecified atom stereocenters. The van der Waals surface area contributed by atoms with Crippen LogP contribution in [0.25, 0.3) is 0 Å². The van der Waals surface area contributed by atoms with E-state index in [1.807, 2.05) is 0 Å². The minimum Gasteiger partial charge on any atom is -0.481 e. The molecule has 0 amide bonds. The maximum atomic E-state index is 12.3. The Labute approximate surface area is 114 Å². The number of aliphatic carboxylic acids is 1. The topological polar surface area (TPSA) is 77.9 Å². The molecule has 2 rings (SSSR count). The fourth-order valence-electron chi connectivity index (χ4n) is 2.55. The van der Waals surface area contributed by atoms with Crippen molar-refractivity contribution in [1.82, 2.24) is 8.61 Å². The summed E-state index contributed by atoms with van der Waals surface area (Å²) < 4.78 is 27.6. The summed E-state index contributed by atoms with van der Waals surface area (Å²) in [5.74, 6) is -0.805. The Hall–Kier alpha value is -0.660. The molecular weight excluding hydrogens is 268 g/mol. The van der Waals surface area contributed by atoms with Gasteiger partial charge in [0.15, 0.2) is 0 Å². The van der Waals surface area contributed by atoms with Crippen molar-refractivity contribution in [3.63, 3.8) is 0 Å². The second-order valence-corrected chi connectivity index (χ2v) is 7.72. The van der Waals surface area contributed by atoms with Crippen molar-refractivity contribution < 1.29 is 18.3 Å². The molecule has 0 aromatic heterocycles. The minimum absolute atomic E-state index is 0.0593. The average molecular weight is 290 g/mol. The smallest absolute Gasteiger partial charge is 0.306 e. The van der Waals surface area contributed by atoms with E-state index in [4.69, 9.17) is 5.11 Å². The summed E-state index contributed by atoms with van der Waals surface area (Å²) in [5.41, 5.74) is 0. The molecule has 0 aliphatic carbocycles. The fourth-order valence-corrected chi connectivity index (χ4v) is 4.31. The molecule has 7 heteroatoms. The van der Waals surface area contributed by atoms with E-state index in [1.165, 1.54) is 8.61 Å². The number of hydrogen-bond donors (Lipinski definition) is 1. The van der Waals surface area contributed by atoms with Crippen LogP contribution < -0.4 is 0 Å². The molecule has 2 heterocycles. The van der Waals surface area contributed by atoms with Gasteiger partial charge in [-0.2, -0.15) is 17.0 Å². The van der Waals surface area contributed by atoms with Crippen molar-refractivity contribution in [3.05, 3.63) is 0 Å². The van der Waals surface area contributed by atoms with Crippen LogP contribution in [0.3, 0.4) is 0 Å². The summed E-state index contributed by atoms with van der Waals surface area (Å²) in [5, 5.41) is 8.91. The zero-order valence-electron chi connectivity index (χ0n) is 11.4. The monoisotopic (exact) mass is 290 g/mol. The SMILES string of the molecule is CC1CCN(S(=O)(=O)N2CC(C(C)C(=O)O)C2)CC1. The summed E-state index contributed by atoms with van der Waals surface area (Å²) >= 11 is 0. The highest BCUT2D eigenvalue weighted by Gasteiger charge is 2.43. The van der Waals surface area contributed by atoms with E-state index in [0.29, 0.717) is 32.1 Å². The predicted molar refractivity (Wildman–Crippen MR) is 70.8 cm³/mol. The van der Waals surface area contributed by atoms with Crippen molar-refractivity contribution in [2.24, 2.45) is 17.8 Å². The first-order chi connectivity index (χ1) is 8.82. The third-order valence-electron chi connectivity index (χ3n) is 4.37. The van der Waals surface area contributed by atoms with Gasteiger partial charge in [0, 0.05) is 26.2 Å². The number of carboxylic acids is 1. The summed E-state index contributed by atoms with van der Waals surface area (Å²) in [6, 6.07) is 0. The third kappa shape index (κ3) is 2.93. The number of nitrogens with zero attached hydrogens (tertiary/aromatic N) is 2. The molecule has 2 saturated heterocycles. The number of piperidine rings is 1. The van der Waals surface area contributed by atoms with E-state index in [-0.39, 0.29) is 5.92 Å². The Kier molecular flexibility index (Phi) is 4.17. The van der Waals surface area contributed by atoms with Crippen LogP contribution in [0, 0.1) is 17.8 Å². The lowest BCUT2D eigenvalue weighted by atomic mass is 9.89. The van der Waals surface area contributed by atoms with Crippen LogP contribution in [0.5, 0.6) is 0 Å². The third-order valence-corrected chi connectivity index (χ3v) is 6.34. The zero-order chi connectivity index (χ0) is 14.2. The van der Waals surface area contributed by atoms with Crippen LogP contribution in [-0.4, -0.2) is 54.3 Å². The first-order valence-corrected chi connectivity index (χ1v) is 8.20. The van der Waals surface area contributed by atoms with Gasteiger partial charge in [-0.1, -0.05) is 13.8 Å². The van der Waals surface area contributed by atoms with E-state index in [0.717, 1.165) is 12.8 Å². The lowest BCUT2D eigenvalue weighted by molar-refractivity contribution is -0.144. The Morgan fingerprint density at radius 1 is 1.21 bits per heavy atom. The van der Waals surface area contributed by atoms with Gasteiger partial charge >= 0.3 is 5.97 Å². The molecule has 0 saturated carbocycles. The van der Waals surface area contributed by atoms with E-state index in [2.05, 4.69) is 6.92 Å². The molecule has 110 valence electrons. The largest absolute Gasteiger partial charge is 0.481 e. The highest BCUT2D eigenvalue weighted by atomic mass is 32.2. The highest BCUT2D eigenvalue weighted by Crippen LogP contribution is 2.29. The molecule has 0 aromatic carbocycles. The number of hydrogen-bond acceptors (Lipinski definition) is 3. The molecule has 0 bridgehead atoms. The lowest BCUT2D eigenvalue weighted by Gasteiger charge is -2.43. The van der Waals surface area contributed by atoms with Gasteiger partial charge < -0.3 is 5.11 Å². The van der Waals surface area contributed by atoms with Gasteiger partial charge in [0.1, 0.15) is 0 Å². The summed E-state index contributed by atoms with van der Waals surface area (Å²) in [4.78, 5) is 10.8. The molecule has 1 N–H and O–H groups in total. The maximum absolute atomic E-state index is 12.3. The molecule has 2 fully saturated rings. The molecule has 0 aromatic rings. The molecule has 0 radical (unpaired) electrons. The molecule has 0 spiro atoms. The van der Waals surface area contributed by atoms with Crippen LogP contribution in [0.4, 0.5) is 0 Å². The van der Waals surface area contributed by atoms with Crippen molar-refractivity contribution in [3.8, 4) is 0 Å². The lowest BCUT2D eigenvalue weighted by Crippen LogP contribution is -2.58. The van der Waals surface area contributed by atoms with Gasteiger partial charge in [-0.25, -0.2) is 0 Å². The van der Waals surface area contributed by atoms with Crippen LogP contribution in [0.2, 0.25) is 0 Å². The second-order valence-electron chi connectivity index (χ2n) is 5.79. The Morgan fingerprint density at radius 2 is 1.74 bits per heavy atom. The summed E-state index contributed by atoms with van der Waals surface area (Å²) in [6.07, 6.45) is 1.81. The molecule has 6 nitrogen and oxygen atoms in total. The van der Waals surface area contributed by atoms with E-state index in [1.54, 1.807) is 6.92 Å². The van der Waals surface area contributed by atoms with Crippen molar-refractivity contribution in [2.45, 2.75) is 26.7 Å². The molecule has 2 aliphatic heterocycles. The first kappa shape index (κ1) is 14.7. The van der Waals surface area contributed by atoms with Crippen LogP contribution in [0.15, 0.2) is 0 Å². The molecule has 19 heavy (non-hydrogen) atoms. The van der Waals surface area contributed by atoms with Crippen molar-refractivity contribution >= 4 is 16.2 Å². The van der Waals surface area contributed by atoms with E-state index < -0.39 is 22.1 Å². The van der Waals surface area contributed by atoms with Crippen LogP contribution in [0.1, 0.15) is 26.7 Å². The Balaban J connectivity index is 1.91. The number of carbonyl (C=O) groups is 1. The quantitative estimate of drug-likeness (QED) is 0.823. The highest BCUT2D eigenvalue weighted by molar-refractivity contribution is 7.86. The van der Waals surface area contributed by atoms with Crippen molar-refractivity contribution in [2.75, 3.05) is 26.2 Å². The van der Waals surface area contributed by atoms with E-state index in [9.17, 15) is 13.2 Å². The van der Waals surface area contributed by atoms with Crippen LogP contribution in [-0.2, 0) is 15.0 Å². The fraction of sp³-hybridized carbons (Fsp3) is 0.917. The van der Waals surface area contributed by atoms with Gasteiger partial charge in [0.25, 0.3) is 10.2 Å². The normalized spacial score (nSPS) is 26.0. The molecule has 1 atom stereocenters. The maximum Gasteiger partial charge on any atom is 0.306 e. The number of rotatable bonds is 4. The van der Waals surface area contributed by atoms with Gasteiger partial charge in [-0.05, 0) is 24.7 Å². The average Bonchev–Trinajstić information content (AvgIpc) is 2.26. The minimum atomic E-state index is -3.37. The second kappa shape index (κ2) is 5.38. The van der Waals surface area contributed by atoms with Gasteiger partial charge in [-0.3, -0.25) is 4.79 Å². The summed E-state index contributed by atoms with van der Waals surface area (Å²) in [6.45, 7) is 5.61. The summed E-state index contributed by atoms with van der Waals surface area (Å²) in [7, 11) is -3.37. The van der Waals surface area contributed by atoms with Crippen LogP contribution >= 0.6 is 0 Å². The Bertz CT molecular complexity index is 437. The van der Waals surface area contributed by atoms with Crippen molar-refractivity contribution in [1.29, 1.82) is 0 Å². The molecular formula is C12H22N2O4S. The van der Waals surface area contributed by atoms with Gasteiger partial charge in [0.05, 0.1) is 5.92 Å². The van der Waals surface area contributed by atoms with E-state index >= 15 is 0 Å². The zero-order valence-corrected chi connectivity index (χ0v) is 12.3. The first-order valence-electron chi connectivity index (χ1n) is 6.80. The predicted octanol–water partition coefficient (Wildman–Crippen LogP) is 0.616. The van der Waals surface area contributed by atoms with Gasteiger partial charge in [0.2, 0.25) is 0 Å². The standard InChI is InChI=1S/C12H22N2O4S/c1-9-3-5-13(6-4-9)19(17,18)14-7-11(8-14)10(2)12(15)16/h9-11H,3-8H2,1-2H3,(H,15,16). The molecule has 2 aliphatic rings. The van der Waals surface area contributed by atoms with Gasteiger partial charge in [-0.15, -0.1) is 0 Å². The Morgan fingerprint density at radius 3 is 2.21 bits per heavy atom. The number of carboxylic acid groups (broad SMARTS) is 1.